The van der Waals surface area contributed by atoms with E-state index in [0.717, 1.165) is 17.3 Å². The maximum absolute atomic E-state index is 11.9. The average Bonchev–Trinajstić information content (AvgIpc) is 2.31. The summed E-state index contributed by atoms with van der Waals surface area (Å²) in [5, 5.41) is 9.09. The molecule has 0 radical (unpaired) electrons. The van der Waals surface area contributed by atoms with E-state index in [2.05, 4.69) is 4.98 Å². The van der Waals surface area contributed by atoms with Crippen LogP contribution in [0.5, 0.6) is 0 Å². The molecule has 2 aromatic rings. The van der Waals surface area contributed by atoms with Crippen molar-refractivity contribution in [3.05, 3.63) is 57.3 Å². The topological polar surface area (TPSA) is 72.2 Å². The van der Waals surface area contributed by atoms with E-state index in [1.54, 1.807) is 13.0 Å². The lowest BCUT2D eigenvalue weighted by Crippen LogP contribution is -2.26. The number of aryl methyl sites for hydroxylation is 2. The maximum Gasteiger partial charge on any atom is 0.352 e. The Kier molecular flexibility index (Phi) is 3.21. The molecule has 0 aliphatic heterocycles. The summed E-state index contributed by atoms with van der Waals surface area (Å²) in [4.78, 5) is 26.6. The molecule has 98 valence electrons. The zero-order chi connectivity index (χ0) is 14.2. The molecule has 1 aromatic carbocycles. The molecule has 1 heterocycles. The van der Waals surface area contributed by atoms with Gasteiger partial charge in [-0.05, 0) is 32.4 Å². The van der Waals surface area contributed by atoms with Gasteiger partial charge in [0, 0.05) is 11.9 Å². The number of benzene rings is 1. The third-order valence-corrected chi connectivity index (χ3v) is 3.04. The Morgan fingerprint density at radius 1 is 1.26 bits per heavy atom. The van der Waals surface area contributed by atoms with Crippen LogP contribution < -0.4 is 5.69 Å². The van der Waals surface area contributed by atoms with Crippen molar-refractivity contribution in [1.29, 1.82) is 0 Å². The van der Waals surface area contributed by atoms with Gasteiger partial charge in [-0.3, -0.25) is 4.57 Å². The van der Waals surface area contributed by atoms with Gasteiger partial charge in [0.15, 0.2) is 0 Å². The Morgan fingerprint density at radius 3 is 2.53 bits per heavy atom. The number of aromatic nitrogens is 2. The van der Waals surface area contributed by atoms with Gasteiger partial charge in [0.05, 0.1) is 11.3 Å². The lowest BCUT2D eigenvalue weighted by atomic mass is 10.1. The molecule has 5 nitrogen and oxygen atoms in total. The van der Waals surface area contributed by atoms with Crippen molar-refractivity contribution in [1.82, 2.24) is 9.55 Å². The van der Waals surface area contributed by atoms with Crippen LogP contribution in [0.1, 0.15) is 27.2 Å². The van der Waals surface area contributed by atoms with Crippen LogP contribution >= 0.6 is 0 Å². The lowest BCUT2D eigenvalue weighted by molar-refractivity contribution is 0.0694. The molecule has 0 saturated carbocycles. The van der Waals surface area contributed by atoms with Gasteiger partial charge in [-0.15, -0.1) is 0 Å². The molecule has 2 rings (SSSR count). The number of carboxylic acids is 1. The van der Waals surface area contributed by atoms with E-state index < -0.39 is 11.7 Å². The summed E-state index contributed by atoms with van der Waals surface area (Å²) in [6.07, 6.45) is 1.10. The fraction of sp³-hybridized carbons (Fsp3) is 0.214. The molecule has 5 heteroatoms. The first-order valence-electron chi connectivity index (χ1n) is 5.81. The van der Waals surface area contributed by atoms with E-state index >= 15 is 0 Å². The first-order valence-corrected chi connectivity index (χ1v) is 5.81. The molecule has 0 amide bonds. The molecule has 0 spiro atoms. The van der Waals surface area contributed by atoms with Crippen LogP contribution in [0.15, 0.2) is 29.2 Å². The van der Waals surface area contributed by atoms with Gasteiger partial charge >= 0.3 is 11.7 Å². The highest BCUT2D eigenvalue weighted by atomic mass is 16.4. The van der Waals surface area contributed by atoms with Crippen LogP contribution in [0.2, 0.25) is 0 Å². The third kappa shape index (κ3) is 2.27. The molecular weight excluding hydrogens is 244 g/mol. The highest BCUT2D eigenvalue weighted by molar-refractivity contribution is 5.88. The molecule has 0 aliphatic rings. The summed E-state index contributed by atoms with van der Waals surface area (Å²) in [6.45, 7) is 5.44. The van der Waals surface area contributed by atoms with E-state index in [-0.39, 0.29) is 5.56 Å². The highest BCUT2D eigenvalue weighted by Gasteiger charge is 2.15. The Morgan fingerprint density at radius 2 is 1.95 bits per heavy atom. The van der Waals surface area contributed by atoms with Crippen LogP contribution in [0.25, 0.3) is 5.69 Å². The zero-order valence-corrected chi connectivity index (χ0v) is 11.0. The van der Waals surface area contributed by atoms with E-state index in [1.807, 2.05) is 26.0 Å². The molecule has 1 N–H and O–H groups in total. The SMILES string of the molecule is Cc1ccc(-n2c(C)c(C(=O)O)cnc2=O)c(C)c1. The van der Waals surface area contributed by atoms with Crippen molar-refractivity contribution in [2.24, 2.45) is 0 Å². The number of hydrogen-bond acceptors (Lipinski definition) is 3. The van der Waals surface area contributed by atoms with Crippen LogP contribution in [0.4, 0.5) is 0 Å². The summed E-state index contributed by atoms with van der Waals surface area (Å²) < 4.78 is 1.33. The van der Waals surface area contributed by atoms with Crippen LogP contribution in [-0.2, 0) is 0 Å². The van der Waals surface area contributed by atoms with Gasteiger partial charge < -0.3 is 5.11 Å². The molecule has 0 saturated heterocycles. The molecular formula is C14H14N2O3. The van der Waals surface area contributed by atoms with E-state index in [1.165, 1.54) is 4.57 Å². The summed E-state index contributed by atoms with van der Waals surface area (Å²) in [5.41, 5.74) is 2.56. The Balaban J connectivity index is 2.78. The smallest absolute Gasteiger partial charge is 0.352 e. The normalized spacial score (nSPS) is 10.5. The molecule has 0 atom stereocenters. The number of carbonyl (C=O) groups is 1. The van der Waals surface area contributed by atoms with Crippen molar-refractivity contribution >= 4 is 5.97 Å². The van der Waals surface area contributed by atoms with E-state index in [9.17, 15) is 9.59 Å². The van der Waals surface area contributed by atoms with Gasteiger partial charge in [-0.1, -0.05) is 17.7 Å². The van der Waals surface area contributed by atoms with E-state index in [4.69, 9.17) is 5.11 Å². The summed E-state index contributed by atoms with van der Waals surface area (Å²) >= 11 is 0. The minimum absolute atomic E-state index is 0.0274. The second-order valence-corrected chi connectivity index (χ2v) is 4.47. The molecule has 0 bridgehead atoms. The number of rotatable bonds is 2. The Hall–Kier alpha value is -2.43. The third-order valence-electron chi connectivity index (χ3n) is 3.04. The van der Waals surface area contributed by atoms with Crippen molar-refractivity contribution in [3.63, 3.8) is 0 Å². The first-order chi connectivity index (χ1) is 8.91. The number of carboxylic acid groups (broad SMARTS) is 1. The van der Waals surface area contributed by atoms with Gasteiger partial charge in [-0.2, -0.15) is 0 Å². The largest absolute Gasteiger partial charge is 0.478 e. The number of nitrogens with zero attached hydrogens (tertiary/aromatic N) is 2. The summed E-state index contributed by atoms with van der Waals surface area (Å²) in [7, 11) is 0. The fourth-order valence-corrected chi connectivity index (χ4v) is 2.08. The molecule has 1 aromatic heterocycles. The van der Waals surface area contributed by atoms with E-state index in [0.29, 0.717) is 11.4 Å². The van der Waals surface area contributed by atoms with Gasteiger partial charge in [0.1, 0.15) is 0 Å². The monoisotopic (exact) mass is 258 g/mol. The van der Waals surface area contributed by atoms with Crippen molar-refractivity contribution in [2.75, 3.05) is 0 Å². The fourth-order valence-electron chi connectivity index (χ4n) is 2.08. The summed E-state index contributed by atoms with van der Waals surface area (Å²) in [6, 6.07) is 5.61. The second kappa shape index (κ2) is 4.68. The quantitative estimate of drug-likeness (QED) is 0.892. The predicted octanol–water partition coefficient (Wildman–Crippen LogP) is 1.86. The van der Waals surface area contributed by atoms with Crippen LogP contribution in [0.3, 0.4) is 0 Å². The van der Waals surface area contributed by atoms with Crippen LogP contribution in [0, 0.1) is 20.8 Å². The highest BCUT2D eigenvalue weighted by Crippen LogP contribution is 2.17. The second-order valence-electron chi connectivity index (χ2n) is 4.47. The van der Waals surface area contributed by atoms with Crippen molar-refractivity contribution in [3.8, 4) is 5.69 Å². The number of aromatic carboxylic acids is 1. The number of hydrogen-bond donors (Lipinski definition) is 1. The zero-order valence-electron chi connectivity index (χ0n) is 11.0. The predicted molar refractivity (Wildman–Crippen MR) is 71.0 cm³/mol. The maximum atomic E-state index is 11.9. The van der Waals surface area contributed by atoms with Crippen molar-refractivity contribution in [2.45, 2.75) is 20.8 Å². The average molecular weight is 258 g/mol. The minimum atomic E-state index is -1.09. The molecule has 19 heavy (non-hydrogen) atoms. The first kappa shape index (κ1) is 13.0. The standard InChI is InChI=1S/C14H14N2O3/c1-8-4-5-12(9(2)6-8)16-10(3)11(13(17)18)7-15-14(16)19/h4-7H,1-3H3,(H,17,18). The lowest BCUT2D eigenvalue weighted by Gasteiger charge is -2.13. The van der Waals surface area contributed by atoms with Gasteiger partial charge in [-0.25, -0.2) is 14.6 Å². The Bertz CT molecular complexity index is 717. The summed E-state index contributed by atoms with van der Waals surface area (Å²) in [5.74, 6) is -1.09. The minimum Gasteiger partial charge on any atom is -0.478 e. The molecule has 0 fully saturated rings. The van der Waals surface area contributed by atoms with Crippen LogP contribution in [-0.4, -0.2) is 20.6 Å². The van der Waals surface area contributed by atoms with Crippen molar-refractivity contribution < 1.29 is 9.90 Å². The van der Waals surface area contributed by atoms with Gasteiger partial charge in [0.25, 0.3) is 0 Å². The Labute approximate surface area is 110 Å². The molecule has 0 aliphatic carbocycles. The van der Waals surface area contributed by atoms with Gasteiger partial charge in [0.2, 0.25) is 0 Å². The molecule has 0 unspecified atom stereocenters.